The van der Waals surface area contributed by atoms with E-state index >= 15 is 0 Å². The number of nitrogens with zero attached hydrogens (tertiary/aromatic N) is 1. The van der Waals surface area contributed by atoms with E-state index < -0.39 is 11.8 Å². The quantitative estimate of drug-likeness (QED) is 0.306. The molecule has 0 spiro atoms. The molecule has 0 unspecified atom stereocenters. The topological polar surface area (TPSA) is 102 Å². The third kappa shape index (κ3) is 3.66. The van der Waals surface area contributed by atoms with Gasteiger partial charge in [0.1, 0.15) is 12.4 Å². The van der Waals surface area contributed by atoms with E-state index in [9.17, 15) is 9.59 Å². The number of amides is 2. The predicted molar refractivity (Wildman–Crippen MR) is 140 cm³/mol. The molecule has 1 aliphatic rings. The van der Waals surface area contributed by atoms with Gasteiger partial charge in [0.25, 0.3) is 11.8 Å². The van der Waals surface area contributed by atoms with E-state index in [0.29, 0.717) is 47.7 Å². The van der Waals surface area contributed by atoms with Crippen LogP contribution in [0.5, 0.6) is 5.75 Å². The van der Waals surface area contributed by atoms with Gasteiger partial charge in [-0.2, -0.15) is 0 Å². The smallest absolute Gasteiger partial charge is 0.259 e. The highest BCUT2D eigenvalue weighted by Crippen LogP contribution is 2.39. The van der Waals surface area contributed by atoms with Crippen LogP contribution >= 0.6 is 0 Å². The van der Waals surface area contributed by atoms with Crippen LogP contribution in [0.4, 0.5) is 0 Å². The lowest BCUT2D eigenvalue weighted by molar-refractivity contribution is -0.122. The van der Waals surface area contributed by atoms with Crippen molar-refractivity contribution in [1.82, 2.24) is 14.9 Å². The van der Waals surface area contributed by atoms with Crippen LogP contribution in [0, 0.1) is 0 Å². The largest absolute Gasteiger partial charge is 0.489 e. The molecule has 3 heterocycles. The summed E-state index contributed by atoms with van der Waals surface area (Å²) in [5.41, 5.74) is 10.8. The standard InChI is InChI=1S/C29H24N4O3/c30-12-13-33-16-23(21-14-19(10-11-25(21)33)36-17-18-6-2-1-3-7-18)27-26(28(34)32-29(27)35)22-15-31-24-9-5-4-8-20(22)24/h1-11,14-16,31H,12-13,17,30H2,(H,32,34,35). The zero-order valence-electron chi connectivity index (χ0n) is 19.5. The zero-order chi connectivity index (χ0) is 24.6. The second-order valence-electron chi connectivity index (χ2n) is 8.76. The highest BCUT2D eigenvalue weighted by Gasteiger charge is 2.35. The summed E-state index contributed by atoms with van der Waals surface area (Å²) in [5, 5.41) is 4.21. The molecule has 0 atom stereocenters. The first kappa shape index (κ1) is 21.9. The molecule has 0 saturated heterocycles. The number of aromatic nitrogens is 2. The molecule has 0 radical (unpaired) electrons. The number of nitrogens with one attached hydrogen (secondary N) is 2. The van der Waals surface area contributed by atoms with E-state index in [0.717, 1.165) is 27.4 Å². The molecular formula is C29H24N4O3. The van der Waals surface area contributed by atoms with Gasteiger partial charge in [-0.1, -0.05) is 48.5 Å². The van der Waals surface area contributed by atoms with Crippen molar-refractivity contribution in [1.29, 1.82) is 0 Å². The summed E-state index contributed by atoms with van der Waals surface area (Å²) in [6, 6.07) is 23.5. The molecule has 7 heteroatoms. The molecular weight excluding hydrogens is 452 g/mol. The van der Waals surface area contributed by atoms with Crippen LogP contribution in [0.25, 0.3) is 33.0 Å². The molecule has 1 aliphatic heterocycles. The first-order valence-corrected chi connectivity index (χ1v) is 11.8. The first-order valence-electron chi connectivity index (χ1n) is 11.8. The maximum atomic E-state index is 13.2. The number of nitrogens with two attached hydrogens (primary N) is 1. The minimum absolute atomic E-state index is 0.353. The second kappa shape index (κ2) is 8.87. The summed E-state index contributed by atoms with van der Waals surface area (Å²) in [7, 11) is 0. The van der Waals surface area contributed by atoms with Gasteiger partial charge in [-0.25, -0.2) is 0 Å². The van der Waals surface area contributed by atoms with Crippen molar-refractivity contribution >= 4 is 44.8 Å². The summed E-state index contributed by atoms with van der Waals surface area (Å²) in [6.45, 7) is 1.44. The molecule has 0 bridgehead atoms. The Kier molecular flexibility index (Phi) is 5.39. The molecule has 2 aromatic heterocycles. The number of hydrogen-bond acceptors (Lipinski definition) is 4. The second-order valence-corrected chi connectivity index (χ2v) is 8.76. The Hall–Kier alpha value is -4.62. The van der Waals surface area contributed by atoms with E-state index in [2.05, 4.69) is 10.3 Å². The lowest BCUT2D eigenvalue weighted by atomic mass is 9.95. The number of benzene rings is 3. The number of aromatic amines is 1. The van der Waals surface area contributed by atoms with Gasteiger partial charge >= 0.3 is 0 Å². The van der Waals surface area contributed by atoms with Crippen LogP contribution in [0.2, 0.25) is 0 Å². The van der Waals surface area contributed by atoms with Crippen LogP contribution < -0.4 is 15.8 Å². The number of fused-ring (bicyclic) bond motifs is 2. The van der Waals surface area contributed by atoms with Crippen molar-refractivity contribution in [2.45, 2.75) is 13.2 Å². The molecule has 36 heavy (non-hydrogen) atoms. The number of carbonyl (C=O) groups excluding carboxylic acids is 2. The van der Waals surface area contributed by atoms with Gasteiger partial charge in [0, 0.05) is 58.4 Å². The van der Waals surface area contributed by atoms with Crippen molar-refractivity contribution < 1.29 is 14.3 Å². The lowest BCUT2D eigenvalue weighted by Gasteiger charge is -2.08. The molecule has 6 rings (SSSR count). The summed E-state index contributed by atoms with van der Waals surface area (Å²) >= 11 is 0. The normalized spacial score (nSPS) is 13.7. The number of carbonyl (C=O) groups is 2. The molecule has 0 fully saturated rings. The third-order valence-electron chi connectivity index (χ3n) is 6.53. The van der Waals surface area contributed by atoms with Crippen LogP contribution in [0.15, 0.2) is 85.2 Å². The van der Waals surface area contributed by atoms with Crippen molar-refractivity contribution in [2.75, 3.05) is 6.54 Å². The maximum Gasteiger partial charge on any atom is 0.259 e. The molecule has 0 aliphatic carbocycles. The van der Waals surface area contributed by atoms with Gasteiger partial charge in [0.15, 0.2) is 0 Å². The lowest BCUT2D eigenvalue weighted by Crippen LogP contribution is -2.22. The summed E-state index contributed by atoms with van der Waals surface area (Å²) < 4.78 is 8.08. The molecule has 3 aromatic carbocycles. The highest BCUT2D eigenvalue weighted by atomic mass is 16.5. The van der Waals surface area contributed by atoms with E-state index in [1.165, 1.54) is 0 Å². The maximum absolute atomic E-state index is 13.2. The van der Waals surface area contributed by atoms with Crippen molar-refractivity contribution in [3.05, 3.63) is 102 Å². The molecule has 5 aromatic rings. The SMILES string of the molecule is NCCn1cc(C2=C(c3c[nH]c4ccccc34)C(=O)NC2=O)c2cc(OCc3ccccc3)ccc21. The van der Waals surface area contributed by atoms with Gasteiger partial charge in [0.05, 0.1) is 11.1 Å². The fourth-order valence-electron chi connectivity index (χ4n) is 4.88. The summed E-state index contributed by atoms with van der Waals surface area (Å²) in [5.74, 6) is -0.143. The Balaban J connectivity index is 1.51. The van der Waals surface area contributed by atoms with E-state index in [1.54, 1.807) is 6.20 Å². The fraction of sp³-hybridized carbons (Fsp3) is 0.103. The molecule has 2 amide bonds. The predicted octanol–water partition coefficient (Wildman–Crippen LogP) is 4.23. The van der Waals surface area contributed by atoms with E-state index in [4.69, 9.17) is 10.5 Å². The minimum atomic E-state index is -0.414. The average molecular weight is 477 g/mol. The van der Waals surface area contributed by atoms with Gasteiger partial charge < -0.3 is 20.0 Å². The van der Waals surface area contributed by atoms with Crippen LogP contribution in [0.3, 0.4) is 0 Å². The Bertz CT molecular complexity index is 1660. The van der Waals surface area contributed by atoms with Crippen molar-refractivity contribution in [3.8, 4) is 5.75 Å². The molecule has 7 nitrogen and oxygen atoms in total. The Morgan fingerprint density at radius 1 is 0.833 bits per heavy atom. The molecule has 4 N–H and O–H groups in total. The highest BCUT2D eigenvalue weighted by molar-refractivity contribution is 6.50. The molecule has 0 saturated carbocycles. The van der Waals surface area contributed by atoms with E-state index in [-0.39, 0.29) is 0 Å². The van der Waals surface area contributed by atoms with Gasteiger partial charge in [-0.3, -0.25) is 14.9 Å². The zero-order valence-corrected chi connectivity index (χ0v) is 19.5. The average Bonchev–Trinajstić information content (AvgIpc) is 3.56. The number of ether oxygens (including phenoxy) is 1. The van der Waals surface area contributed by atoms with Crippen molar-refractivity contribution in [2.24, 2.45) is 5.73 Å². The van der Waals surface area contributed by atoms with Crippen LogP contribution in [0.1, 0.15) is 16.7 Å². The number of rotatable bonds is 7. The van der Waals surface area contributed by atoms with E-state index in [1.807, 2.05) is 83.6 Å². The van der Waals surface area contributed by atoms with Gasteiger partial charge in [0.2, 0.25) is 0 Å². The van der Waals surface area contributed by atoms with Crippen molar-refractivity contribution in [3.63, 3.8) is 0 Å². The summed E-state index contributed by atoms with van der Waals surface area (Å²) in [4.78, 5) is 29.4. The minimum Gasteiger partial charge on any atom is -0.489 e. The third-order valence-corrected chi connectivity index (χ3v) is 6.53. The molecule has 178 valence electrons. The number of hydrogen-bond donors (Lipinski definition) is 3. The number of imide groups is 1. The van der Waals surface area contributed by atoms with Crippen LogP contribution in [-0.2, 0) is 22.7 Å². The fourth-order valence-corrected chi connectivity index (χ4v) is 4.88. The summed E-state index contributed by atoms with van der Waals surface area (Å²) in [6.07, 6.45) is 3.69. The first-order chi connectivity index (χ1) is 17.6. The Morgan fingerprint density at radius 3 is 2.39 bits per heavy atom. The number of H-pyrrole nitrogens is 1. The van der Waals surface area contributed by atoms with Gasteiger partial charge in [-0.15, -0.1) is 0 Å². The Labute approximate surface area is 207 Å². The van der Waals surface area contributed by atoms with Crippen LogP contribution in [-0.4, -0.2) is 27.9 Å². The monoisotopic (exact) mass is 476 g/mol. The number of para-hydroxylation sites is 1. The Morgan fingerprint density at radius 2 is 1.58 bits per heavy atom. The van der Waals surface area contributed by atoms with Gasteiger partial charge in [-0.05, 0) is 29.8 Å².